The molecule has 0 aromatic heterocycles. The van der Waals surface area contributed by atoms with Crippen molar-refractivity contribution < 1.29 is 9.13 Å². The highest BCUT2D eigenvalue weighted by Crippen LogP contribution is 2.19. The van der Waals surface area contributed by atoms with Crippen molar-refractivity contribution in [3.05, 3.63) is 58.9 Å². The van der Waals surface area contributed by atoms with Crippen LogP contribution in [0.1, 0.15) is 5.56 Å². The molecule has 2 aromatic carbocycles. The first kappa shape index (κ1) is 11.7. The molecular weight excluding hydrogens is 241 g/mol. The van der Waals surface area contributed by atoms with Gasteiger partial charge in [0.05, 0.1) is 5.02 Å². The topological polar surface area (TPSA) is 35.2 Å². The summed E-state index contributed by atoms with van der Waals surface area (Å²) in [6.07, 6.45) is 0. The summed E-state index contributed by atoms with van der Waals surface area (Å²) in [6, 6.07) is 11.7. The normalized spacial score (nSPS) is 10.2. The smallest absolute Gasteiger partial charge is 0.142 e. The summed E-state index contributed by atoms with van der Waals surface area (Å²) in [4.78, 5) is 0. The maximum absolute atomic E-state index is 13.2. The minimum Gasteiger partial charge on any atom is -0.489 e. The number of halogens is 2. The largest absolute Gasteiger partial charge is 0.489 e. The lowest BCUT2D eigenvalue weighted by Crippen LogP contribution is -1.96. The zero-order chi connectivity index (χ0) is 12.3. The van der Waals surface area contributed by atoms with Crippen LogP contribution in [0.4, 0.5) is 10.1 Å². The predicted molar refractivity (Wildman–Crippen MR) is 66.6 cm³/mol. The van der Waals surface area contributed by atoms with Gasteiger partial charge in [-0.2, -0.15) is 0 Å². The van der Waals surface area contributed by atoms with Gasteiger partial charge in [0.15, 0.2) is 0 Å². The van der Waals surface area contributed by atoms with E-state index < -0.39 is 5.82 Å². The highest BCUT2D eigenvalue weighted by molar-refractivity contribution is 6.30. The van der Waals surface area contributed by atoms with Gasteiger partial charge < -0.3 is 10.5 Å². The Balaban J connectivity index is 2.05. The Bertz CT molecular complexity index is 531. The minimum absolute atomic E-state index is 0.109. The van der Waals surface area contributed by atoms with Crippen molar-refractivity contribution in [3.63, 3.8) is 0 Å². The molecule has 0 aliphatic rings. The van der Waals surface area contributed by atoms with Crippen molar-refractivity contribution in [2.24, 2.45) is 0 Å². The summed E-state index contributed by atoms with van der Waals surface area (Å²) < 4.78 is 18.6. The van der Waals surface area contributed by atoms with Crippen molar-refractivity contribution in [2.45, 2.75) is 6.61 Å². The molecule has 0 spiro atoms. The molecule has 88 valence electrons. The lowest BCUT2D eigenvalue weighted by atomic mass is 10.2. The van der Waals surface area contributed by atoms with Gasteiger partial charge in [0.2, 0.25) is 0 Å². The van der Waals surface area contributed by atoms with Crippen LogP contribution in [-0.2, 0) is 6.61 Å². The van der Waals surface area contributed by atoms with E-state index in [1.165, 1.54) is 12.1 Å². The van der Waals surface area contributed by atoms with Crippen LogP contribution in [0, 0.1) is 5.82 Å². The summed E-state index contributed by atoms with van der Waals surface area (Å²) in [5.74, 6) is 0.209. The van der Waals surface area contributed by atoms with E-state index in [9.17, 15) is 4.39 Å². The average Bonchev–Trinajstić information content (AvgIpc) is 2.31. The number of nitrogen functional groups attached to an aromatic ring is 1. The van der Waals surface area contributed by atoms with E-state index in [2.05, 4.69) is 0 Å². The van der Waals surface area contributed by atoms with Gasteiger partial charge >= 0.3 is 0 Å². The van der Waals surface area contributed by atoms with Crippen LogP contribution in [0.3, 0.4) is 0 Å². The molecule has 0 atom stereocenters. The first-order valence-corrected chi connectivity index (χ1v) is 5.45. The summed E-state index contributed by atoms with van der Waals surface area (Å²) in [5, 5.41) is 0.109. The highest BCUT2D eigenvalue weighted by Gasteiger charge is 2.02. The molecule has 2 aromatic rings. The third-order valence-corrected chi connectivity index (χ3v) is 2.55. The molecule has 0 fully saturated rings. The van der Waals surface area contributed by atoms with E-state index in [1.807, 2.05) is 0 Å². The first-order valence-electron chi connectivity index (χ1n) is 5.07. The van der Waals surface area contributed by atoms with Crippen molar-refractivity contribution in [1.82, 2.24) is 0 Å². The third-order valence-electron chi connectivity index (χ3n) is 2.25. The Labute approximate surface area is 104 Å². The molecule has 0 unspecified atom stereocenters. The van der Waals surface area contributed by atoms with Gasteiger partial charge in [0, 0.05) is 11.8 Å². The summed E-state index contributed by atoms with van der Waals surface area (Å²) in [6.45, 7) is 0.275. The number of rotatable bonds is 3. The van der Waals surface area contributed by atoms with E-state index in [4.69, 9.17) is 22.1 Å². The van der Waals surface area contributed by atoms with Crippen molar-refractivity contribution >= 4 is 17.3 Å². The Kier molecular flexibility index (Phi) is 3.49. The van der Waals surface area contributed by atoms with Crippen LogP contribution in [0.25, 0.3) is 0 Å². The molecule has 0 amide bonds. The second kappa shape index (κ2) is 5.06. The molecule has 0 radical (unpaired) electrons. The molecule has 2 N–H and O–H groups in total. The highest BCUT2D eigenvalue weighted by atomic mass is 35.5. The molecule has 0 aliphatic carbocycles. The summed E-state index contributed by atoms with van der Waals surface area (Å²) in [7, 11) is 0. The van der Waals surface area contributed by atoms with E-state index in [1.54, 1.807) is 30.3 Å². The van der Waals surface area contributed by atoms with Gasteiger partial charge in [-0.3, -0.25) is 0 Å². The Hall–Kier alpha value is -1.74. The summed E-state index contributed by atoms with van der Waals surface area (Å²) >= 11 is 5.59. The number of benzene rings is 2. The molecule has 2 nitrogen and oxygen atoms in total. The van der Waals surface area contributed by atoms with Crippen LogP contribution >= 0.6 is 11.6 Å². The van der Waals surface area contributed by atoms with Crippen LogP contribution in [-0.4, -0.2) is 0 Å². The Morgan fingerprint density at radius 1 is 1.18 bits per heavy atom. The van der Waals surface area contributed by atoms with Crippen molar-refractivity contribution in [1.29, 1.82) is 0 Å². The summed E-state index contributed by atoms with van der Waals surface area (Å²) in [5.41, 5.74) is 6.96. The zero-order valence-corrected chi connectivity index (χ0v) is 9.75. The van der Waals surface area contributed by atoms with E-state index in [-0.39, 0.29) is 11.6 Å². The second-order valence-corrected chi connectivity index (χ2v) is 4.02. The monoisotopic (exact) mass is 251 g/mol. The lowest BCUT2D eigenvalue weighted by Gasteiger charge is -2.07. The fourth-order valence-electron chi connectivity index (χ4n) is 1.40. The second-order valence-electron chi connectivity index (χ2n) is 3.61. The van der Waals surface area contributed by atoms with Crippen LogP contribution in [0.2, 0.25) is 5.02 Å². The maximum atomic E-state index is 13.2. The molecule has 0 saturated carbocycles. The third kappa shape index (κ3) is 3.11. The molecule has 0 bridgehead atoms. The standard InChI is InChI=1S/C13H11ClFNO/c14-12-5-4-9(6-13(12)15)8-17-11-3-1-2-10(16)7-11/h1-7H,8,16H2. The Morgan fingerprint density at radius 3 is 2.71 bits per heavy atom. The molecule has 0 heterocycles. The van der Waals surface area contributed by atoms with Crippen LogP contribution < -0.4 is 10.5 Å². The van der Waals surface area contributed by atoms with Gasteiger partial charge in [-0.15, -0.1) is 0 Å². The molecule has 4 heteroatoms. The lowest BCUT2D eigenvalue weighted by molar-refractivity contribution is 0.306. The van der Waals surface area contributed by atoms with E-state index in [0.29, 0.717) is 17.0 Å². The van der Waals surface area contributed by atoms with Gasteiger partial charge in [-0.05, 0) is 29.8 Å². The zero-order valence-electron chi connectivity index (χ0n) is 8.99. The van der Waals surface area contributed by atoms with E-state index in [0.717, 1.165) is 0 Å². The number of ether oxygens (including phenoxy) is 1. The van der Waals surface area contributed by atoms with Crippen LogP contribution in [0.15, 0.2) is 42.5 Å². The van der Waals surface area contributed by atoms with Crippen molar-refractivity contribution in [3.8, 4) is 5.75 Å². The average molecular weight is 252 g/mol. The minimum atomic E-state index is -0.444. The molecular formula is C13H11ClFNO. The predicted octanol–water partition coefficient (Wildman–Crippen LogP) is 3.64. The number of nitrogens with two attached hydrogens (primary N) is 1. The Morgan fingerprint density at radius 2 is 2.00 bits per heavy atom. The number of hydrogen-bond donors (Lipinski definition) is 1. The van der Waals surface area contributed by atoms with E-state index >= 15 is 0 Å². The molecule has 2 rings (SSSR count). The molecule has 0 saturated heterocycles. The van der Waals surface area contributed by atoms with Crippen molar-refractivity contribution in [2.75, 3.05) is 5.73 Å². The molecule has 0 aliphatic heterocycles. The molecule has 17 heavy (non-hydrogen) atoms. The SMILES string of the molecule is Nc1cccc(OCc2ccc(Cl)c(F)c2)c1. The van der Waals surface area contributed by atoms with Gasteiger partial charge in [0.1, 0.15) is 18.2 Å². The van der Waals surface area contributed by atoms with Crippen LogP contribution in [0.5, 0.6) is 5.75 Å². The van der Waals surface area contributed by atoms with Gasteiger partial charge in [0.25, 0.3) is 0 Å². The quantitative estimate of drug-likeness (QED) is 0.846. The van der Waals surface area contributed by atoms with Gasteiger partial charge in [-0.1, -0.05) is 23.7 Å². The number of hydrogen-bond acceptors (Lipinski definition) is 2. The first-order chi connectivity index (χ1) is 8.15. The fraction of sp³-hybridized carbons (Fsp3) is 0.0769. The maximum Gasteiger partial charge on any atom is 0.142 e. The fourth-order valence-corrected chi connectivity index (χ4v) is 1.52. The number of anilines is 1. The van der Waals surface area contributed by atoms with Gasteiger partial charge in [-0.25, -0.2) is 4.39 Å².